The first kappa shape index (κ1) is 14.5. The fraction of sp³-hybridized carbons (Fsp3) is 0.538. The van der Waals surface area contributed by atoms with Gasteiger partial charge < -0.3 is 14.8 Å². The van der Waals surface area contributed by atoms with Gasteiger partial charge in [0.2, 0.25) is 0 Å². The average Bonchev–Trinajstić information content (AvgIpc) is 2.31. The van der Waals surface area contributed by atoms with Crippen molar-refractivity contribution in [3.63, 3.8) is 0 Å². The van der Waals surface area contributed by atoms with Gasteiger partial charge in [0.15, 0.2) is 0 Å². The summed E-state index contributed by atoms with van der Waals surface area (Å²) in [7, 11) is 1.70. The summed E-state index contributed by atoms with van der Waals surface area (Å²) in [5.41, 5.74) is 1.03. The second-order valence-electron chi connectivity index (χ2n) is 3.95. The van der Waals surface area contributed by atoms with Crippen LogP contribution in [-0.2, 0) is 16.1 Å². The van der Waals surface area contributed by atoms with Crippen molar-refractivity contribution < 1.29 is 9.47 Å². The number of hydrogen-bond donors (Lipinski definition) is 1. The molecule has 1 atom stereocenters. The van der Waals surface area contributed by atoms with Crippen LogP contribution in [0.3, 0.4) is 0 Å². The predicted octanol–water partition coefficient (Wildman–Crippen LogP) is 2.48. The molecule has 0 aromatic heterocycles. The van der Waals surface area contributed by atoms with Crippen molar-refractivity contribution >= 4 is 11.6 Å². The Morgan fingerprint density at radius 1 is 1.35 bits per heavy atom. The summed E-state index contributed by atoms with van der Waals surface area (Å²) < 4.78 is 10.6. The van der Waals surface area contributed by atoms with E-state index in [1.807, 2.05) is 24.3 Å². The van der Waals surface area contributed by atoms with Crippen LogP contribution in [0.1, 0.15) is 12.5 Å². The molecule has 0 spiro atoms. The van der Waals surface area contributed by atoms with E-state index < -0.39 is 0 Å². The molecule has 1 rings (SSSR count). The number of hydrogen-bond acceptors (Lipinski definition) is 3. The molecule has 0 heterocycles. The van der Waals surface area contributed by atoms with Gasteiger partial charge in [0.25, 0.3) is 0 Å². The van der Waals surface area contributed by atoms with E-state index in [2.05, 4.69) is 12.2 Å². The smallest absolute Gasteiger partial charge is 0.0731 e. The lowest BCUT2D eigenvalue weighted by atomic mass is 10.2. The molecule has 0 bridgehead atoms. The SMILES string of the molecule is COCC(C)NCCOCc1ccccc1Cl. The Morgan fingerprint density at radius 2 is 2.12 bits per heavy atom. The second kappa shape index (κ2) is 8.48. The second-order valence-corrected chi connectivity index (χ2v) is 4.36. The molecule has 1 unspecified atom stereocenters. The van der Waals surface area contributed by atoms with Crippen molar-refractivity contribution in [3.8, 4) is 0 Å². The van der Waals surface area contributed by atoms with Crippen LogP contribution in [0.15, 0.2) is 24.3 Å². The van der Waals surface area contributed by atoms with Crippen molar-refractivity contribution in [2.45, 2.75) is 19.6 Å². The normalized spacial score (nSPS) is 12.6. The summed E-state index contributed by atoms with van der Waals surface area (Å²) in [6.07, 6.45) is 0. The van der Waals surface area contributed by atoms with Crippen molar-refractivity contribution in [1.29, 1.82) is 0 Å². The van der Waals surface area contributed by atoms with Crippen LogP contribution in [-0.4, -0.2) is 32.9 Å². The van der Waals surface area contributed by atoms with E-state index in [0.717, 1.165) is 17.1 Å². The first-order valence-electron chi connectivity index (χ1n) is 5.77. The molecular weight excluding hydrogens is 238 g/mol. The summed E-state index contributed by atoms with van der Waals surface area (Å²) in [4.78, 5) is 0. The lowest BCUT2D eigenvalue weighted by Gasteiger charge is -2.12. The van der Waals surface area contributed by atoms with E-state index in [0.29, 0.717) is 25.9 Å². The van der Waals surface area contributed by atoms with Gasteiger partial charge in [0, 0.05) is 24.7 Å². The number of methoxy groups -OCH3 is 1. The average molecular weight is 258 g/mol. The molecule has 0 radical (unpaired) electrons. The monoisotopic (exact) mass is 257 g/mol. The molecule has 4 heteroatoms. The summed E-state index contributed by atoms with van der Waals surface area (Å²) >= 11 is 6.02. The van der Waals surface area contributed by atoms with E-state index in [-0.39, 0.29) is 0 Å². The number of rotatable bonds is 8. The Labute approximate surface area is 108 Å². The third-order valence-electron chi connectivity index (χ3n) is 2.37. The molecule has 17 heavy (non-hydrogen) atoms. The molecule has 96 valence electrons. The number of benzene rings is 1. The van der Waals surface area contributed by atoms with Gasteiger partial charge in [0.05, 0.1) is 19.8 Å². The first-order chi connectivity index (χ1) is 8.24. The van der Waals surface area contributed by atoms with E-state index in [1.54, 1.807) is 7.11 Å². The highest BCUT2D eigenvalue weighted by Gasteiger charge is 2.00. The molecule has 1 N–H and O–H groups in total. The zero-order chi connectivity index (χ0) is 12.5. The summed E-state index contributed by atoms with van der Waals surface area (Å²) in [6.45, 7) is 4.83. The van der Waals surface area contributed by atoms with Gasteiger partial charge in [-0.2, -0.15) is 0 Å². The molecule has 1 aromatic carbocycles. The van der Waals surface area contributed by atoms with E-state index in [4.69, 9.17) is 21.1 Å². The van der Waals surface area contributed by atoms with Crippen LogP contribution in [0.25, 0.3) is 0 Å². The van der Waals surface area contributed by atoms with Gasteiger partial charge in [0.1, 0.15) is 0 Å². The Hall–Kier alpha value is -0.610. The number of nitrogens with one attached hydrogen (secondary N) is 1. The quantitative estimate of drug-likeness (QED) is 0.726. The van der Waals surface area contributed by atoms with Crippen LogP contribution in [0.4, 0.5) is 0 Å². The molecular formula is C13H20ClNO2. The zero-order valence-corrected chi connectivity index (χ0v) is 11.2. The summed E-state index contributed by atoms with van der Waals surface area (Å²) in [6, 6.07) is 8.08. The number of halogens is 1. The highest BCUT2D eigenvalue weighted by Crippen LogP contribution is 2.15. The molecule has 0 saturated carbocycles. The molecule has 0 aliphatic carbocycles. The molecule has 0 fully saturated rings. The molecule has 0 amide bonds. The highest BCUT2D eigenvalue weighted by molar-refractivity contribution is 6.31. The van der Waals surface area contributed by atoms with Crippen molar-refractivity contribution in [2.75, 3.05) is 26.9 Å². The standard InChI is InChI=1S/C13H20ClNO2/c1-11(9-16-2)15-7-8-17-10-12-5-3-4-6-13(12)14/h3-6,11,15H,7-10H2,1-2H3. The molecule has 1 aromatic rings. The number of ether oxygens (including phenoxy) is 2. The summed E-state index contributed by atoms with van der Waals surface area (Å²) in [5.74, 6) is 0. The Morgan fingerprint density at radius 3 is 2.82 bits per heavy atom. The van der Waals surface area contributed by atoms with Gasteiger partial charge in [-0.1, -0.05) is 29.8 Å². The lowest BCUT2D eigenvalue weighted by Crippen LogP contribution is -2.32. The van der Waals surface area contributed by atoms with Gasteiger partial charge in [-0.25, -0.2) is 0 Å². The van der Waals surface area contributed by atoms with E-state index >= 15 is 0 Å². The van der Waals surface area contributed by atoms with Crippen LogP contribution in [0, 0.1) is 0 Å². The van der Waals surface area contributed by atoms with E-state index in [1.165, 1.54) is 0 Å². The topological polar surface area (TPSA) is 30.5 Å². The van der Waals surface area contributed by atoms with Gasteiger partial charge in [-0.3, -0.25) is 0 Å². The largest absolute Gasteiger partial charge is 0.383 e. The van der Waals surface area contributed by atoms with Gasteiger partial charge >= 0.3 is 0 Å². The third-order valence-corrected chi connectivity index (χ3v) is 2.74. The predicted molar refractivity (Wildman–Crippen MR) is 70.4 cm³/mol. The summed E-state index contributed by atoms with van der Waals surface area (Å²) in [5, 5.41) is 4.06. The lowest BCUT2D eigenvalue weighted by molar-refractivity contribution is 0.114. The highest BCUT2D eigenvalue weighted by atomic mass is 35.5. The minimum absolute atomic E-state index is 0.351. The fourth-order valence-electron chi connectivity index (χ4n) is 1.48. The van der Waals surface area contributed by atoms with Crippen molar-refractivity contribution in [2.24, 2.45) is 0 Å². The minimum atomic E-state index is 0.351. The first-order valence-corrected chi connectivity index (χ1v) is 6.15. The van der Waals surface area contributed by atoms with Crippen LogP contribution < -0.4 is 5.32 Å². The fourth-order valence-corrected chi connectivity index (χ4v) is 1.67. The maximum atomic E-state index is 6.02. The molecule has 3 nitrogen and oxygen atoms in total. The molecule has 0 aliphatic heterocycles. The minimum Gasteiger partial charge on any atom is -0.383 e. The molecule has 0 saturated heterocycles. The third kappa shape index (κ3) is 6.03. The van der Waals surface area contributed by atoms with Crippen LogP contribution in [0.5, 0.6) is 0 Å². The van der Waals surface area contributed by atoms with Crippen LogP contribution in [0.2, 0.25) is 5.02 Å². The van der Waals surface area contributed by atoms with Gasteiger partial charge in [-0.05, 0) is 18.6 Å². The van der Waals surface area contributed by atoms with Crippen LogP contribution >= 0.6 is 11.6 Å². The van der Waals surface area contributed by atoms with Crippen molar-refractivity contribution in [3.05, 3.63) is 34.9 Å². The molecule has 0 aliphatic rings. The Balaban J connectivity index is 2.10. The van der Waals surface area contributed by atoms with Gasteiger partial charge in [-0.15, -0.1) is 0 Å². The maximum absolute atomic E-state index is 6.02. The van der Waals surface area contributed by atoms with E-state index in [9.17, 15) is 0 Å². The van der Waals surface area contributed by atoms with Crippen molar-refractivity contribution in [1.82, 2.24) is 5.32 Å². The zero-order valence-electron chi connectivity index (χ0n) is 10.4. The Bertz CT molecular complexity index is 320. The Kier molecular flexibility index (Phi) is 7.21. The maximum Gasteiger partial charge on any atom is 0.0731 e.